The zero-order valence-corrected chi connectivity index (χ0v) is 3.96. The molecule has 0 saturated heterocycles. The van der Waals surface area contributed by atoms with Gasteiger partial charge in [0.15, 0.2) is 0 Å². The molecule has 1 atom stereocenters. The largest absolute Gasteiger partial charge is 0.447 e. The second kappa shape index (κ2) is 1.58. The van der Waals surface area contributed by atoms with Crippen LogP contribution >= 0.6 is 0 Å². The van der Waals surface area contributed by atoms with Gasteiger partial charge in [0, 0.05) is 6.92 Å². The summed E-state index contributed by atoms with van der Waals surface area (Å²) in [6.07, 6.45) is -5.17. The highest BCUT2D eigenvalue weighted by Gasteiger charge is 2.50. The molecule has 0 aliphatic rings. The van der Waals surface area contributed by atoms with Crippen molar-refractivity contribution in [3.05, 3.63) is 0 Å². The van der Waals surface area contributed by atoms with Crippen molar-refractivity contribution in [2.75, 3.05) is 0 Å². The Morgan fingerprint density at radius 2 is 1.25 bits per heavy atom. The predicted octanol–water partition coefficient (Wildman–Crippen LogP) is 1.23. The zero-order valence-electron chi connectivity index (χ0n) is 3.96. The van der Waals surface area contributed by atoms with Crippen LogP contribution in [0.2, 0.25) is 0 Å². The molecule has 0 fully saturated rings. The topological polar surface area (TPSA) is 20.2 Å². The van der Waals surface area contributed by atoms with Gasteiger partial charge in [-0.1, -0.05) is 0 Å². The molecule has 8 heavy (non-hydrogen) atoms. The van der Waals surface area contributed by atoms with Gasteiger partial charge in [-0.05, 0) is 0 Å². The summed E-state index contributed by atoms with van der Waals surface area (Å²) in [6.45, 7) is 0.0347. The highest BCUT2D eigenvalue weighted by atomic mass is 19.4. The van der Waals surface area contributed by atoms with Crippen molar-refractivity contribution in [2.24, 2.45) is 0 Å². The number of hydrogen-bond donors (Lipinski definition) is 1. The minimum absolute atomic E-state index is 0.0347. The Bertz CT molecular complexity index is 66.3. The van der Waals surface area contributed by atoms with Crippen LogP contribution in [0.3, 0.4) is 0 Å². The summed E-state index contributed by atoms with van der Waals surface area (Å²) >= 11 is 0. The lowest BCUT2D eigenvalue weighted by atomic mass is 10.4. The molecule has 0 heterocycles. The smallest absolute Gasteiger partial charge is 0.355 e. The van der Waals surface area contributed by atoms with Gasteiger partial charge in [-0.3, -0.25) is 0 Å². The van der Waals surface area contributed by atoms with Crippen LogP contribution in [-0.2, 0) is 0 Å². The van der Waals surface area contributed by atoms with Crippen LogP contribution in [0.4, 0.5) is 17.6 Å². The van der Waals surface area contributed by atoms with Crippen molar-refractivity contribution in [2.45, 2.75) is 19.0 Å². The molecule has 0 rings (SSSR count). The average Bonchev–Trinajstić information content (AvgIpc) is 1.25. The van der Waals surface area contributed by atoms with E-state index < -0.39 is 12.0 Å². The normalized spacial score (nSPS) is 20.2. The molecule has 0 radical (unpaired) electrons. The Hall–Kier alpha value is -0.320. The third-order valence-electron chi connectivity index (χ3n) is 0.517. The van der Waals surface area contributed by atoms with Crippen molar-refractivity contribution in [1.29, 1.82) is 0 Å². The van der Waals surface area contributed by atoms with Crippen LogP contribution in [0.1, 0.15) is 6.92 Å². The van der Waals surface area contributed by atoms with Gasteiger partial charge >= 0.3 is 12.0 Å². The second-order valence-electron chi connectivity index (χ2n) is 1.45. The summed E-state index contributed by atoms with van der Waals surface area (Å²) in [7, 11) is 0. The molecular formula is C3H4F4O. The van der Waals surface area contributed by atoms with Crippen LogP contribution in [-0.4, -0.2) is 17.1 Å². The van der Waals surface area contributed by atoms with Crippen molar-refractivity contribution >= 4 is 0 Å². The maximum Gasteiger partial charge on any atom is 0.447 e. The summed E-state index contributed by atoms with van der Waals surface area (Å²) < 4.78 is 44.1. The van der Waals surface area contributed by atoms with Crippen molar-refractivity contribution in [3.8, 4) is 0 Å². The molecule has 50 valence electrons. The standard InChI is InChI=1S/C3H4F4O/c1-2(4,8)3(5,6)7/h8H,1H3. The van der Waals surface area contributed by atoms with Crippen LogP contribution in [0, 0.1) is 0 Å². The minimum atomic E-state index is -5.17. The molecule has 1 nitrogen and oxygen atoms in total. The van der Waals surface area contributed by atoms with Gasteiger partial charge in [0.2, 0.25) is 0 Å². The van der Waals surface area contributed by atoms with Gasteiger partial charge in [-0.2, -0.15) is 13.2 Å². The predicted molar refractivity (Wildman–Crippen MR) is 17.8 cm³/mol. The molecule has 0 aromatic heterocycles. The van der Waals surface area contributed by atoms with E-state index in [0.29, 0.717) is 0 Å². The number of rotatable bonds is 0. The molecule has 1 N–H and O–H groups in total. The first-order valence-corrected chi connectivity index (χ1v) is 1.73. The van der Waals surface area contributed by atoms with E-state index >= 15 is 0 Å². The maximum absolute atomic E-state index is 11.3. The maximum atomic E-state index is 11.3. The molecule has 0 saturated carbocycles. The summed E-state index contributed by atoms with van der Waals surface area (Å²) in [5.41, 5.74) is 0. The first-order valence-electron chi connectivity index (χ1n) is 1.73. The second-order valence-corrected chi connectivity index (χ2v) is 1.45. The molecule has 0 bridgehead atoms. The Kier molecular flexibility index (Phi) is 1.52. The van der Waals surface area contributed by atoms with Crippen molar-refractivity contribution < 1.29 is 22.7 Å². The molecule has 0 aromatic carbocycles. The van der Waals surface area contributed by atoms with Gasteiger partial charge in [0.05, 0.1) is 0 Å². The van der Waals surface area contributed by atoms with E-state index in [1.807, 2.05) is 0 Å². The first-order chi connectivity index (χ1) is 3.25. The number of halogens is 4. The van der Waals surface area contributed by atoms with Crippen LogP contribution in [0.5, 0.6) is 0 Å². The van der Waals surface area contributed by atoms with Gasteiger partial charge in [-0.25, -0.2) is 4.39 Å². The fourth-order valence-electron chi connectivity index (χ4n) is 0. The highest BCUT2D eigenvalue weighted by molar-refractivity contribution is 4.66. The minimum Gasteiger partial charge on any atom is -0.355 e. The molecule has 5 heteroatoms. The Balaban J connectivity index is 4.02. The summed E-state index contributed by atoms with van der Waals surface area (Å²) in [5, 5.41) is 7.56. The monoisotopic (exact) mass is 132 g/mol. The van der Waals surface area contributed by atoms with Crippen LogP contribution in [0.15, 0.2) is 0 Å². The van der Waals surface area contributed by atoms with E-state index in [-0.39, 0.29) is 6.92 Å². The lowest BCUT2D eigenvalue weighted by Gasteiger charge is -2.15. The van der Waals surface area contributed by atoms with Gasteiger partial charge in [0.25, 0.3) is 0 Å². The number of aliphatic hydroxyl groups is 1. The fraction of sp³-hybridized carbons (Fsp3) is 1.00. The quantitative estimate of drug-likeness (QED) is 0.491. The third kappa shape index (κ3) is 1.65. The Morgan fingerprint density at radius 3 is 1.25 bits per heavy atom. The van der Waals surface area contributed by atoms with E-state index in [9.17, 15) is 17.6 Å². The summed E-state index contributed by atoms with van der Waals surface area (Å²) in [4.78, 5) is 0. The van der Waals surface area contributed by atoms with E-state index in [1.165, 1.54) is 0 Å². The van der Waals surface area contributed by atoms with Gasteiger partial charge in [0.1, 0.15) is 0 Å². The van der Waals surface area contributed by atoms with Crippen LogP contribution < -0.4 is 0 Å². The summed E-state index contributed by atoms with van der Waals surface area (Å²) in [6, 6.07) is 0. The molecular weight excluding hydrogens is 128 g/mol. The van der Waals surface area contributed by atoms with Crippen molar-refractivity contribution in [3.63, 3.8) is 0 Å². The summed E-state index contributed by atoms with van der Waals surface area (Å²) in [5.74, 6) is -4.06. The Labute approximate surface area is 42.9 Å². The highest BCUT2D eigenvalue weighted by Crippen LogP contribution is 2.30. The third-order valence-corrected chi connectivity index (χ3v) is 0.517. The molecule has 0 spiro atoms. The fourth-order valence-corrected chi connectivity index (χ4v) is 0. The van der Waals surface area contributed by atoms with E-state index in [1.54, 1.807) is 0 Å². The lowest BCUT2D eigenvalue weighted by Crippen LogP contribution is -2.36. The molecule has 0 aromatic rings. The van der Waals surface area contributed by atoms with E-state index in [4.69, 9.17) is 5.11 Å². The first kappa shape index (κ1) is 7.68. The number of hydrogen-bond acceptors (Lipinski definition) is 1. The van der Waals surface area contributed by atoms with Crippen LogP contribution in [0.25, 0.3) is 0 Å². The zero-order chi connectivity index (χ0) is 7.00. The molecule has 0 aliphatic heterocycles. The van der Waals surface area contributed by atoms with E-state index in [2.05, 4.69) is 0 Å². The Morgan fingerprint density at radius 1 is 1.12 bits per heavy atom. The van der Waals surface area contributed by atoms with Crippen molar-refractivity contribution in [1.82, 2.24) is 0 Å². The van der Waals surface area contributed by atoms with E-state index in [0.717, 1.165) is 0 Å². The SMILES string of the molecule is CC(O)(F)C(F)(F)F. The molecule has 0 amide bonds. The lowest BCUT2D eigenvalue weighted by molar-refractivity contribution is -0.306. The van der Waals surface area contributed by atoms with Gasteiger partial charge < -0.3 is 5.11 Å². The molecule has 0 aliphatic carbocycles. The number of alkyl halides is 4. The molecule has 1 unspecified atom stereocenters. The average molecular weight is 132 g/mol. The van der Waals surface area contributed by atoms with Gasteiger partial charge in [-0.15, -0.1) is 0 Å².